The average Bonchev–Trinajstić information content (AvgIpc) is 3.52. The van der Waals surface area contributed by atoms with E-state index in [0.29, 0.717) is 11.3 Å². The van der Waals surface area contributed by atoms with Crippen molar-refractivity contribution >= 4 is 44.2 Å². The number of fused-ring (bicyclic) bond motifs is 1. The van der Waals surface area contributed by atoms with Gasteiger partial charge in [-0.15, -0.1) is 6.58 Å². The molecule has 1 unspecified atom stereocenters. The summed E-state index contributed by atoms with van der Waals surface area (Å²) in [6, 6.07) is 17.7. The highest BCUT2D eigenvalue weighted by Crippen LogP contribution is 2.26. The highest BCUT2D eigenvalue weighted by atomic mass is 32.2. The van der Waals surface area contributed by atoms with Gasteiger partial charge in [-0.3, -0.25) is 19.2 Å². The van der Waals surface area contributed by atoms with Crippen LogP contribution in [0.25, 0.3) is 10.8 Å². The highest BCUT2D eigenvalue weighted by molar-refractivity contribution is 7.90. The van der Waals surface area contributed by atoms with Crippen molar-refractivity contribution in [3.05, 3.63) is 91.0 Å². The molecule has 5 atom stereocenters. The van der Waals surface area contributed by atoms with E-state index in [2.05, 4.69) is 22.5 Å². The van der Waals surface area contributed by atoms with Gasteiger partial charge in [0.2, 0.25) is 11.8 Å². The van der Waals surface area contributed by atoms with Gasteiger partial charge in [0.25, 0.3) is 11.8 Å². The first-order valence-electron chi connectivity index (χ1n) is 17.0. The van der Waals surface area contributed by atoms with Crippen LogP contribution in [0, 0.1) is 0 Å². The molecule has 280 valence electrons. The molecule has 4 rings (SSSR count). The van der Waals surface area contributed by atoms with Crippen LogP contribution >= 0.6 is 0 Å². The Hall–Kier alpha value is -4.79. The number of hydrogen-bond acceptors (Lipinski definition) is 9. The lowest BCUT2D eigenvalue weighted by Gasteiger charge is -2.32. The van der Waals surface area contributed by atoms with Crippen molar-refractivity contribution in [1.82, 2.24) is 20.9 Å². The monoisotopic (exact) mass is 736 g/mol. The van der Waals surface area contributed by atoms with Crippen molar-refractivity contribution in [2.45, 2.75) is 69.5 Å². The third kappa shape index (κ3) is 11.6. The minimum atomic E-state index is -3.82. The second kappa shape index (κ2) is 17.6. The standard InChI is InChI=1S/C38H48N4O9S/c1-6-19-50-27-21-31(36(46)41-38(2,3)4)42(22-27)37(47)34(44)29(20-25-13-8-7-9-14-25)40-35(45)30(24-52(5,48)49)39-33(43)23-51-32-18-12-16-26-15-10-11-17-28(26)32/h6-18,27,29-31,34,44H,1,19-24H2,2-5H3,(H,39,43)(H,40,45)(H,41,46)/t27?,29-,30-,31-,34-/m0/s1. The predicted molar refractivity (Wildman–Crippen MR) is 197 cm³/mol. The van der Waals surface area contributed by atoms with Crippen LogP contribution in [0.15, 0.2) is 85.5 Å². The topological polar surface area (TPSA) is 180 Å². The van der Waals surface area contributed by atoms with Gasteiger partial charge in [0.1, 0.15) is 27.7 Å². The van der Waals surface area contributed by atoms with Crippen LogP contribution in [-0.2, 0) is 40.2 Å². The van der Waals surface area contributed by atoms with Gasteiger partial charge in [-0.05, 0) is 44.2 Å². The van der Waals surface area contributed by atoms with Crippen molar-refractivity contribution in [3.63, 3.8) is 0 Å². The van der Waals surface area contributed by atoms with Gasteiger partial charge in [0.05, 0.1) is 24.5 Å². The van der Waals surface area contributed by atoms with Crippen LogP contribution < -0.4 is 20.7 Å². The van der Waals surface area contributed by atoms with E-state index >= 15 is 0 Å². The molecule has 4 N–H and O–H groups in total. The van der Waals surface area contributed by atoms with Crippen molar-refractivity contribution in [3.8, 4) is 5.75 Å². The van der Waals surface area contributed by atoms with Gasteiger partial charge in [0, 0.05) is 30.1 Å². The number of ether oxygens (including phenoxy) is 2. The fourth-order valence-corrected chi connectivity index (χ4v) is 6.83. The zero-order chi connectivity index (χ0) is 38.1. The number of carbonyl (C=O) groups excluding carboxylic acids is 4. The molecule has 0 saturated carbocycles. The van der Waals surface area contributed by atoms with Crippen molar-refractivity contribution < 1.29 is 42.2 Å². The third-order valence-electron chi connectivity index (χ3n) is 8.29. The summed E-state index contributed by atoms with van der Waals surface area (Å²) in [5, 5.41) is 21.2. The molecule has 14 heteroatoms. The van der Waals surface area contributed by atoms with Crippen LogP contribution in [0.5, 0.6) is 5.75 Å². The summed E-state index contributed by atoms with van der Waals surface area (Å²) in [6.45, 7) is 8.74. The van der Waals surface area contributed by atoms with Gasteiger partial charge in [-0.25, -0.2) is 8.42 Å². The molecule has 0 spiro atoms. The van der Waals surface area contributed by atoms with Gasteiger partial charge < -0.3 is 35.4 Å². The quantitative estimate of drug-likeness (QED) is 0.160. The Balaban J connectivity index is 1.55. The van der Waals surface area contributed by atoms with Crippen LogP contribution in [0.4, 0.5) is 0 Å². The number of benzene rings is 3. The third-order valence-corrected chi connectivity index (χ3v) is 9.23. The molecule has 4 amide bonds. The van der Waals surface area contributed by atoms with E-state index in [-0.39, 0.29) is 26.0 Å². The Morgan fingerprint density at radius 1 is 1.00 bits per heavy atom. The van der Waals surface area contributed by atoms with Crippen LogP contribution in [0.1, 0.15) is 32.8 Å². The van der Waals surface area contributed by atoms with Gasteiger partial charge in [-0.1, -0.05) is 72.8 Å². The predicted octanol–water partition coefficient (Wildman–Crippen LogP) is 1.92. The Bertz CT molecular complexity index is 1840. The fraction of sp³-hybridized carbons (Fsp3) is 0.421. The van der Waals surface area contributed by atoms with Crippen molar-refractivity contribution in [2.24, 2.45) is 0 Å². The first-order chi connectivity index (χ1) is 24.5. The van der Waals surface area contributed by atoms with Crippen LogP contribution in [0.2, 0.25) is 0 Å². The van der Waals surface area contributed by atoms with Crippen LogP contribution in [-0.4, -0.2) is 110 Å². The molecular formula is C38H48N4O9S. The summed E-state index contributed by atoms with van der Waals surface area (Å²) in [4.78, 5) is 55.5. The van der Waals surface area contributed by atoms with E-state index in [1.54, 1.807) is 69.3 Å². The van der Waals surface area contributed by atoms with Gasteiger partial charge in [-0.2, -0.15) is 0 Å². The van der Waals surface area contributed by atoms with Crippen LogP contribution in [0.3, 0.4) is 0 Å². The maximum Gasteiger partial charge on any atom is 0.258 e. The molecule has 1 heterocycles. The number of sulfone groups is 1. The van der Waals surface area contributed by atoms with E-state index in [9.17, 15) is 32.7 Å². The van der Waals surface area contributed by atoms with E-state index < -0.39 is 81.7 Å². The second-order valence-electron chi connectivity index (χ2n) is 14.0. The summed E-state index contributed by atoms with van der Waals surface area (Å²) < 4.78 is 36.4. The van der Waals surface area contributed by atoms with E-state index in [4.69, 9.17) is 9.47 Å². The molecule has 0 aliphatic carbocycles. The lowest BCUT2D eigenvalue weighted by molar-refractivity contribution is -0.147. The molecule has 1 fully saturated rings. The summed E-state index contributed by atoms with van der Waals surface area (Å²) in [6.07, 6.45) is 0.233. The molecule has 0 bridgehead atoms. The molecule has 1 aliphatic rings. The molecule has 3 aromatic rings. The molecule has 3 aromatic carbocycles. The number of nitrogens with zero attached hydrogens (tertiary/aromatic N) is 1. The maximum atomic E-state index is 14.0. The largest absolute Gasteiger partial charge is 0.483 e. The highest BCUT2D eigenvalue weighted by Gasteiger charge is 2.44. The summed E-state index contributed by atoms with van der Waals surface area (Å²) in [7, 11) is -3.82. The Morgan fingerprint density at radius 3 is 2.35 bits per heavy atom. The first-order valence-corrected chi connectivity index (χ1v) is 19.1. The lowest BCUT2D eigenvalue weighted by Crippen LogP contribution is -2.60. The van der Waals surface area contributed by atoms with Gasteiger partial charge >= 0.3 is 0 Å². The number of amides is 4. The summed E-state index contributed by atoms with van der Waals surface area (Å²) in [5.74, 6) is -3.29. The molecule has 1 aliphatic heterocycles. The number of rotatable bonds is 16. The maximum absolute atomic E-state index is 14.0. The minimum absolute atomic E-state index is 0.00142. The number of likely N-dealkylation sites (tertiary alicyclic amines) is 1. The molecule has 1 saturated heterocycles. The minimum Gasteiger partial charge on any atom is -0.483 e. The van der Waals surface area contributed by atoms with Crippen molar-refractivity contribution in [2.75, 3.05) is 31.8 Å². The molecule has 0 radical (unpaired) electrons. The number of hydrogen-bond donors (Lipinski definition) is 4. The molecule has 13 nitrogen and oxygen atoms in total. The first kappa shape index (κ1) is 40.0. The zero-order valence-corrected chi connectivity index (χ0v) is 30.7. The molecular weight excluding hydrogens is 689 g/mol. The van der Waals surface area contributed by atoms with E-state index in [1.165, 1.54) is 4.90 Å². The van der Waals surface area contributed by atoms with E-state index in [1.807, 2.05) is 30.3 Å². The average molecular weight is 737 g/mol. The zero-order valence-electron chi connectivity index (χ0n) is 29.9. The number of carbonyl (C=O) groups is 4. The molecule has 0 aromatic heterocycles. The Kier molecular flexibility index (Phi) is 13.6. The Morgan fingerprint density at radius 2 is 1.67 bits per heavy atom. The Labute approximate surface area is 304 Å². The lowest BCUT2D eigenvalue weighted by atomic mass is 9.99. The SMILES string of the molecule is C=CCOC1C[C@@H](C(=O)NC(C)(C)C)N(C(=O)[C@@H](O)[C@H](Cc2ccccc2)NC(=O)[C@H](CS(C)(=O)=O)NC(=O)COc2cccc3ccccc23)C1. The number of aliphatic hydroxyl groups is 1. The summed E-state index contributed by atoms with van der Waals surface area (Å²) >= 11 is 0. The second-order valence-corrected chi connectivity index (χ2v) is 16.1. The van der Waals surface area contributed by atoms with Gasteiger partial charge in [0.15, 0.2) is 12.7 Å². The number of aliphatic hydroxyl groups excluding tert-OH is 1. The normalized spacial score (nSPS) is 17.8. The van der Waals surface area contributed by atoms with E-state index in [0.717, 1.165) is 17.0 Å². The fourth-order valence-electron chi connectivity index (χ4n) is 5.99. The smallest absolute Gasteiger partial charge is 0.258 e. The van der Waals surface area contributed by atoms with Crippen molar-refractivity contribution in [1.29, 1.82) is 0 Å². The number of nitrogens with one attached hydrogen (secondary N) is 3. The molecule has 52 heavy (non-hydrogen) atoms. The summed E-state index contributed by atoms with van der Waals surface area (Å²) in [5.41, 5.74) is 0.0512.